The second kappa shape index (κ2) is 13.9. The molecule has 0 amide bonds. The largest absolute Gasteiger partial charge is 0.490 e. The van der Waals surface area contributed by atoms with Crippen LogP contribution in [0, 0.1) is 5.92 Å². The van der Waals surface area contributed by atoms with Crippen molar-refractivity contribution in [3.05, 3.63) is 23.8 Å². The molecule has 1 heterocycles. The van der Waals surface area contributed by atoms with Crippen molar-refractivity contribution in [3.8, 4) is 11.5 Å². The van der Waals surface area contributed by atoms with Gasteiger partial charge in [-0.3, -0.25) is 0 Å². The van der Waals surface area contributed by atoms with Gasteiger partial charge in [0.25, 0.3) is 0 Å². The SMILES string of the molecule is CCNC(=NCc1ccc2c(c1)OCCCO2)NCCC(OCC)C(C)C.I. The zero-order valence-corrected chi connectivity index (χ0v) is 20.0. The highest BCUT2D eigenvalue weighted by Crippen LogP contribution is 2.30. The predicted octanol–water partition coefficient (Wildman–Crippen LogP) is 3.97. The van der Waals surface area contributed by atoms with E-state index in [1.54, 1.807) is 0 Å². The fourth-order valence-corrected chi connectivity index (χ4v) is 2.97. The Bertz CT molecular complexity index is 596. The maximum absolute atomic E-state index is 5.81. The minimum Gasteiger partial charge on any atom is -0.490 e. The molecule has 0 bridgehead atoms. The molecule has 0 saturated heterocycles. The van der Waals surface area contributed by atoms with Gasteiger partial charge in [-0.05, 0) is 43.9 Å². The molecule has 2 rings (SSSR count). The molecule has 2 N–H and O–H groups in total. The van der Waals surface area contributed by atoms with Crippen LogP contribution in [0.4, 0.5) is 0 Å². The van der Waals surface area contributed by atoms with Gasteiger partial charge >= 0.3 is 0 Å². The van der Waals surface area contributed by atoms with Gasteiger partial charge in [0.05, 0.1) is 25.9 Å². The van der Waals surface area contributed by atoms with Crippen LogP contribution in [-0.4, -0.2) is 45.0 Å². The Balaban J connectivity index is 0.00000392. The van der Waals surface area contributed by atoms with Crippen LogP contribution in [0.5, 0.6) is 11.5 Å². The smallest absolute Gasteiger partial charge is 0.191 e. The molecular formula is C21H36IN3O3. The Morgan fingerprint density at radius 2 is 1.89 bits per heavy atom. The van der Waals surface area contributed by atoms with E-state index in [1.807, 2.05) is 25.1 Å². The maximum atomic E-state index is 5.81. The van der Waals surface area contributed by atoms with Crippen LogP contribution in [0.25, 0.3) is 0 Å². The van der Waals surface area contributed by atoms with Crippen LogP contribution in [0.1, 0.15) is 46.1 Å². The van der Waals surface area contributed by atoms with Crippen molar-refractivity contribution >= 4 is 29.9 Å². The lowest BCUT2D eigenvalue weighted by molar-refractivity contribution is 0.0258. The first kappa shape index (κ1) is 24.8. The molecule has 0 spiro atoms. The van der Waals surface area contributed by atoms with Gasteiger partial charge in [0, 0.05) is 26.1 Å². The minimum atomic E-state index is 0. The summed E-state index contributed by atoms with van der Waals surface area (Å²) in [7, 11) is 0. The van der Waals surface area contributed by atoms with Crippen molar-refractivity contribution in [1.82, 2.24) is 10.6 Å². The van der Waals surface area contributed by atoms with Gasteiger partial charge in [-0.15, -0.1) is 24.0 Å². The molecular weight excluding hydrogens is 469 g/mol. The molecule has 0 radical (unpaired) electrons. The maximum Gasteiger partial charge on any atom is 0.191 e. The summed E-state index contributed by atoms with van der Waals surface area (Å²) in [6, 6.07) is 6.04. The summed E-state index contributed by atoms with van der Waals surface area (Å²) in [5.41, 5.74) is 1.10. The topological polar surface area (TPSA) is 64.1 Å². The summed E-state index contributed by atoms with van der Waals surface area (Å²) in [6.07, 6.45) is 2.14. The Hall–Kier alpha value is -1.22. The second-order valence-electron chi connectivity index (χ2n) is 6.98. The fraction of sp³-hybridized carbons (Fsp3) is 0.667. The molecule has 1 aromatic carbocycles. The van der Waals surface area contributed by atoms with Crippen LogP contribution in [0.15, 0.2) is 23.2 Å². The van der Waals surface area contributed by atoms with Crippen LogP contribution in [0.3, 0.4) is 0 Å². The van der Waals surface area contributed by atoms with Gasteiger partial charge in [0.1, 0.15) is 0 Å². The lowest BCUT2D eigenvalue weighted by Gasteiger charge is -2.21. The predicted molar refractivity (Wildman–Crippen MR) is 125 cm³/mol. The van der Waals surface area contributed by atoms with E-state index in [9.17, 15) is 0 Å². The number of nitrogens with zero attached hydrogens (tertiary/aromatic N) is 1. The minimum absolute atomic E-state index is 0. The van der Waals surface area contributed by atoms with Crippen molar-refractivity contribution in [2.75, 3.05) is 32.9 Å². The summed E-state index contributed by atoms with van der Waals surface area (Å²) >= 11 is 0. The van der Waals surface area contributed by atoms with E-state index in [4.69, 9.17) is 19.2 Å². The van der Waals surface area contributed by atoms with Crippen LogP contribution in [0.2, 0.25) is 0 Å². The highest BCUT2D eigenvalue weighted by Gasteiger charge is 2.13. The number of hydrogen-bond donors (Lipinski definition) is 2. The quantitative estimate of drug-likeness (QED) is 0.302. The lowest BCUT2D eigenvalue weighted by atomic mass is 10.0. The number of aliphatic imine (C=N–C) groups is 1. The first-order chi connectivity index (χ1) is 13.1. The molecule has 160 valence electrons. The van der Waals surface area contributed by atoms with Crippen molar-refractivity contribution in [2.24, 2.45) is 10.9 Å². The summed E-state index contributed by atoms with van der Waals surface area (Å²) in [4.78, 5) is 4.70. The highest BCUT2D eigenvalue weighted by atomic mass is 127. The van der Waals surface area contributed by atoms with E-state index in [0.717, 1.165) is 55.6 Å². The third kappa shape index (κ3) is 8.43. The standard InChI is InChI=1S/C21H35N3O3.HI/c1-5-22-21(23-11-10-18(16(3)4)25-6-2)24-15-17-8-9-19-20(14-17)27-13-7-12-26-19;/h8-9,14,16,18H,5-7,10-13,15H2,1-4H3,(H2,22,23,24);1H. The Morgan fingerprint density at radius 1 is 1.14 bits per heavy atom. The summed E-state index contributed by atoms with van der Waals surface area (Å²) in [5, 5.41) is 6.71. The number of hydrogen-bond acceptors (Lipinski definition) is 4. The number of rotatable bonds is 9. The normalized spacial score (nSPS) is 14.8. The molecule has 1 aliphatic heterocycles. The number of nitrogens with one attached hydrogen (secondary N) is 2. The van der Waals surface area contributed by atoms with Gasteiger partial charge < -0.3 is 24.8 Å². The number of halogens is 1. The van der Waals surface area contributed by atoms with Gasteiger partial charge in [-0.2, -0.15) is 0 Å². The Labute approximate surface area is 186 Å². The molecule has 0 aromatic heterocycles. The molecule has 1 aromatic rings. The molecule has 1 atom stereocenters. The van der Waals surface area contributed by atoms with Crippen molar-refractivity contribution in [3.63, 3.8) is 0 Å². The summed E-state index contributed by atoms with van der Waals surface area (Å²) in [6.45, 7) is 12.9. The van der Waals surface area contributed by atoms with E-state index in [2.05, 4.69) is 31.4 Å². The molecule has 0 aliphatic carbocycles. The first-order valence-electron chi connectivity index (χ1n) is 10.2. The van der Waals surface area contributed by atoms with E-state index < -0.39 is 0 Å². The van der Waals surface area contributed by atoms with Gasteiger partial charge in [0.15, 0.2) is 17.5 Å². The molecule has 1 unspecified atom stereocenters. The van der Waals surface area contributed by atoms with E-state index in [-0.39, 0.29) is 30.1 Å². The monoisotopic (exact) mass is 505 g/mol. The average Bonchev–Trinajstić information content (AvgIpc) is 2.90. The van der Waals surface area contributed by atoms with Gasteiger partial charge in [-0.1, -0.05) is 19.9 Å². The van der Waals surface area contributed by atoms with Crippen molar-refractivity contribution in [1.29, 1.82) is 0 Å². The Kier molecular flexibility index (Phi) is 12.3. The van der Waals surface area contributed by atoms with Crippen LogP contribution >= 0.6 is 24.0 Å². The zero-order chi connectivity index (χ0) is 19.5. The molecule has 1 aliphatic rings. The molecule has 0 fully saturated rings. The average molecular weight is 505 g/mol. The Morgan fingerprint density at radius 3 is 2.57 bits per heavy atom. The summed E-state index contributed by atoms with van der Waals surface area (Å²) in [5.74, 6) is 2.97. The van der Waals surface area contributed by atoms with E-state index in [0.29, 0.717) is 25.7 Å². The number of benzene rings is 1. The fourth-order valence-electron chi connectivity index (χ4n) is 2.97. The molecule has 0 saturated carbocycles. The lowest BCUT2D eigenvalue weighted by Crippen LogP contribution is -2.39. The first-order valence-corrected chi connectivity index (χ1v) is 10.2. The van der Waals surface area contributed by atoms with E-state index in [1.165, 1.54) is 0 Å². The highest BCUT2D eigenvalue weighted by molar-refractivity contribution is 14.0. The van der Waals surface area contributed by atoms with Crippen LogP contribution < -0.4 is 20.1 Å². The van der Waals surface area contributed by atoms with Crippen molar-refractivity contribution < 1.29 is 14.2 Å². The van der Waals surface area contributed by atoms with E-state index >= 15 is 0 Å². The van der Waals surface area contributed by atoms with Gasteiger partial charge in [-0.25, -0.2) is 4.99 Å². The number of fused-ring (bicyclic) bond motifs is 1. The van der Waals surface area contributed by atoms with Crippen molar-refractivity contribution in [2.45, 2.75) is 53.2 Å². The molecule has 28 heavy (non-hydrogen) atoms. The molecule has 7 heteroatoms. The summed E-state index contributed by atoms with van der Waals surface area (Å²) < 4.78 is 17.3. The van der Waals surface area contributed by atoms with Gasteiger partial charge in [0.2, 0.25) is 0 Å². The second-order valence-corrected chi connectivity index (χ2v) is 6.98. The molecule has 6 nitrogen and oxygen atoms in total. The van der Waals surface area contributed by atoms with Crippen LogP contribution in [-0.2, 0) is 11.3 Å². The third-order valence-corrected chi connectivity index (χ3v) is 4.42. The number of guanidine groups is 1. The number of ether oxygens (including phenoxy) is 3. The zero-order valence-electron chi connectivity index (χ0n) is 17.6. The third-order valence-electron chi connectivity index (χ3n) is 4.42.